The topological polar surface area (TPSA) is 68.2 Å². The summed E-state index contributed by atoms with van der Waals surface area (Å²) < 4.78 is 9.84. The fraction of sp³-hybridized carbons (Fsp3) is 0.150. The van der Waals surface area contributed by atoms with E-state index in [0.717, 1.165) is 11.3 Å². The van der Waals surface area contributed by atoms with E-state index in [0.29, 0.717) is 15.8 Å². The van der Waals surface area contributed by atoms with Gasteiger partial charge in [0.25, 0.3) is 5.91 Å². The molecule has 0 aromatic heterocycles. The number of nitrogens with zero attached hydrogens (tertiary/aromatic N) is 2. The molecule has 1 aliphatic heterocycles. The lowest BCUT2D eigenvalue weighted by molar-refractivity contribution is -0.142. The second kappa shape index (κ2) is 8.55. The van der Waals surface area contributed by atoms with Gasteiger partial charge in [-0.2, -0.15) is 0 Å². The van der Waals surface area contributed by atoms with Crippen molar-refractivity contribution < 1.29 is 19.1 Å². The van der Waals surface area contributed by atoms with Crippen LogP contribution in [0.2, 0.25) is 0 Å². The van der Waals surface area contributed by atoms with Gasteiger partial charge in [0.2, 0.25) is 0 Å². The monoisotopic (exact) mass is 382 g/mol. The molecule has 2 aromatic carbocycles. The number of benzene rings is 2. The van der Waals surface area contributed by atoms with Gasteiger partial charge in [0, 0.05) is 7.05 Å². The maximum Gasteiger partial charge on any atom is 0.343 e. The predicted molar refractivity (Wildman–Crippen MR) is 106 cm³/mol. The molecule has 0 N–H and O–H groups in total. The number of hydrogen-bond acceptors (Lipinski definition) is 6. The summed E-state index contributed by atoms with van der Waals surface area (Å²) in [6.45, 7) is -0.143. The molecule has 6 nitrogen and oxygen atoms in total. The van der Waals surface area contributed by atoms with E-state index < -0.39 is 5.97 Å². The van der Waals surface area contributed by atoms with E-state index >= 15 is 0 Å². The molecule has 1 amide bonds. The summed E-state index contributed by atoms with van der Waals surface area (Å²) >= 11 is 1.33. The highest BCUT2D eigenvalue weighted by Crippen LogP contribution is 2.33. The summed E-state index contributed by atoms with van der Waals surface area (Å²) in [5.41, 5.74) is 1.65. The van der Waals surface area contributed by atoms with Gasteiger partial charge in [-0.15, -0.1) is 0 Å². The Morgan fingerprint density at radius 2 is 1.85 bits per heavy atom. The highest BCUT2D eigenvalue weighted by atomic mass is 32.2. The molecule has 1 fully saturated rings. The summed E-state index contributed by atoms with van der Waals surface area (Å²) in [7, 11) is 3.02. The lowest BCUT2D eigenvalue weighted by atomic mass is 10.2. The van der Waals surface area contributed by atoms with Crippen LogP contribution < -0.4 is 4.74 Å². The minimum absolute atomic E-state index is 0.0966. The van der Waals surface area contributed by atoms with Crippen molar-refractivity contribution in [2.45, 2.75) is 0 Å². The number of ether oxygens (including phenoxy) is 2. The smallest absolute Gasteiger partial charge is 0.343 e. The molecular weight excluding hydrogens is 364 g/mol. The molecule has 1 saturated heterocycles. The molecular formula is C20H18N2O4S. The van der Waals surface area contributed by atoms with E-state index in [1.54, 1.807) is 25.3 Å². The van der Waals surface area contributed by atoms with Crippen molar-refractivity contribution in [3.05, 3.63) is 65.1 Å². The average Bonchev–Trinajstić information content (AvgIpc) is 2.95. The molecule has 7 heteroatoms. The van der Waals surface area contributed by atoms with Crippen LogP contribution in [0, 0.1) is 0 Å². The first-order valence-corrected chi connectivity index (χ1v) is 8.99. The minimum atomic E-state index is -0.442. The molecule has 1 heterocycles. The Labute approximate surface area is 161 Å². The van der Waals surface area contributed by atoms with E-state index in [2.05, 4.69) is 9.73 Å². The van der Waals surface area contributed by atoms with E-state index in [9.17, 15) is 9.59 Å². The third-order valence-electron chi connectivity index (χ3n) is 3.75. The molecule has 0 radical (unpaired) electrons. The van der Waals surface area contributed by atoms with Crippen LogP contribution in [-0.2, 0) is 14.3 Å². The van der Waals surface area contributed by atoms with Gasteiger partial charge in [0.15, 0.2) is 11.8 Å². The van der Waals surface area contributed by atoms with Crippen molar-refractivity contribution in [1.29, 1.82) is 0 Å². The number of carbonyl (C=O) groups excluding carboxylic acids is 2. The Balaban J connectivity index is 1.72. The highest BCUT2D eigenvalue weighted by molar-refractivity contribution is 8.18. The van der Waals surface area contributed by atoms with Crippen LogP contribution in [-0.4, -0.2) is 42.7 Å². The van der Waals surface area contributed by atoms with Crippen molar-refractivity contribution in [2.75, 3.05) is 20.8 Å². The van der Waals surface area contributed by atoms with E-state index in [-0.39, 0.29) is 12.5 Å². The number of thioether (sulfide) groups is 1. The van der Waals surface area contributed by atoms with E-state index in [1.807, 2.05) is 42.5 Å². The second-order valence-electron chi connectivity index (χ2n) is 5.64. The highest BCUT2D eigenvalue weighted by Gasteiger charge is 2.30. The van der Waals surface area contributed by atoms with Crippen molar-refractivity contribution in [2.24, 2.45) is 4.99 Å². The van der Waals surface area contributed by atoms with Crippen LogP contribution in [0.3, 0.4) is 0 Å². The molecule has 0 saturated carbocycles. The molecule has 1 aliphatic rings. The number of rotatable bonds is 5. The van der Waals surface area contributed by atoms with Gasteiger partial charge in [-0.25, -0.2) is 9.79 Å². The van der Waals surface area contributed by atoms with Crippen LogP contribution >= 0.6 is 11.8 Å². The van der Waals surface area contributed by atoms with Gasteiger partial charge in [-0.05, 0) is 47.7 Å². The SMILES string of the molecule is COC(=O)COc1ccc(/C=C2/SC(=Nc3ccccc3)N(C)C2=O)cc1. The summed E-state index contributed by atoms with van der Waals surface area (Å²) in [4.78, 5) is 30.2. The van der Waals surface area contributed by atoms with Crippen LogP contribution in [0.1, 0.15) is 5.56 Å². The number of amides is 1. The minimum Gasteiger partial charge on any atom is -0.482 e. The van der Waals surface area contributed by atoms with E-state index in [1.165, 1.54) is 23.8 Å². The summed E-state index contributed by atoms with van der Waals surface area (Å²) in [5, 5.41) is 0.635. The lowest BCUT2D eigenvalue weighted by Gasteiger charge is -2.06. The predicted octanol–water partition coefficient (Wildman–Crippen LogP) is 3.47. The third kappa shape index (κ3) is 4.77. The van der Waals surface area contributed by atoms with Gasteiger partial charge >= 0.3 is 5.97 Å². The number of likely N-dealkylation sites (N-methyl/N-ethyl adjacent to an activating group) is 1. The number of methoxy groups -OCH3 is 1. The second-order valence-corrected chi connectivity index (χ2v) is 6.65. The number of para-hydroxylation sites is 1. The lowest BCUT2D eigenvalue weighted by Crippen LogP contribution is -2.23. The zero-order valence-corrected chi connectivity index (χ0v) is 15.7. The fourth-order valence-corrected chi connectivity index (χ4v) is 3.26. The number of aliphatic imine (C=N–C) groups is 1. The molecule has 0 atom stereocenters. The first-order chi connectivity index (χ1) is 13.1. The summed E-state index contributed by atoms with van der Waals surface area (Å²) in [6.07, 6.45) is 1.81. The van der Waals surface area contributed by atoms with Crippen LogP contribution in [0.25, 0.3) is 6.08 Å². The average molecular weight is 382 g/mol. The van der Waals surface area contributed by atoms with Gasteiger partial charge in [-0.3, -0.25) is 9.69 Å². The number of esters is 1. The van der Waals surface area contributed by atoms with Crippen molar-refractivity contribution in [3.8, 4) is 5.75 Å². The molecule has 138 valence electrons. The first kappa shape index (κ1) is 18.7. The van der Waals surface area contributed by atoms with Gasteiger partial charge in [0.1, 0.15) is 5.75 Å². The zero-order valence-electron chi connectivity index (χ0n) is 14.9. The Bertz CT molecular complexity index is 892. The zero-order chi connectivity index (χ0) is 19.2. The molecule has 3 rings (SSSR count). The number of amidine groups is 1. The number of carbonyl (C=O) groups is 2. The quantitative estimate of drug-likeness (QED) is 0.585. The molecule has 0 bridgehead atoms. The Morgan fingerprint density at radius 3 is 2.52 bits per heavy atom. The van der Waals surface area contributed by atoms with Crippen LogP contribution in [0.4, 0.5) is 5.69 Å². The van der Waals surface area contributed by atoms with Crippen molar-refractivity contribution >= 4 is 40.6 Å². The van der Waals surface area contributed by atoms with Crippen molar-refractivity contribution in [3.63, 3.8) is 0 Å². The normalized spacial score (nSPS) is 16.8. The maximum atomic E-state index is 12.5. The molecule has 2 aromatic rings. The Kier molecular flexibility index (Phi) is 5.93. The van der Waals surface area contributed by atoms with Crippen LogP contribution in [0.15, 0.2) is 64.5 Å². The fourth-order valence-electron chi connectivity index (χ4n) is 2.28. The summed E-state index contributed by atoms with van der Waals surface area (Å²) in [5.74, 6) is 0.0134. The molecule has 0 aliphatic carbocycles. The largest absolute Gasteiger partial charge is 0.482 e. The van der Waals surface area contributed by atoms with Crippen LogP contribution in [0.5, 0.6) is 5.75 Å². The van der Waals surface area contributed by atoms with E-state index in [4.69, 9.17) is 4.74 Å². The summed E-state index contributed by atoms with van der Waals surface area (Å²) in [6, 6.07) is 16.6. The van der Waals surface area contributed by atoms with Gasteiger partial charge < -0.3 is 9.47 Å². The maximum absolute atomic E-state index is 12.5. The van der Waals surface area contributed by atoms with Gasteiger partial charge in [-0.1, -0.05) is 30.3 Å². The standard InChI is InChI=1S/C20H18N2O4S/c1-22-19(24)17(27-20(22)21-15-6-4-3-5-7-15)12-14-8-10-16(11-9-14)26-13-18(23)25-2/h3-12H,13H2,1-2H3/b17-12+,21-20?. The third-order valence-corrected chi connectivity index (χ3v) is 4.81. The number of hydrogen-bond donors (Lipinski definition) is 0. The Hall–Kier alpha value is -3.06. The molecule has 0 unspecified atom stereocenters. The van der Waals surface area contributed by atoms with Crippen molar-refractivity contribution in [1.82, 2.24) is 4.90 Å². The van der Waals surface area contributed by atoms with Gasteiger partial charge in [0.05, 0.1) is 17.7 Å². The molecule has 0 spiro atoms. The molecule has 27 heavy (non-hydrogen) atoms. The first-order valence-electron chi connectivity index (χ1n) is 8.18. The Morgan fingerprint density at radius 1 is 1.15 bits per heavy atom.